The van der Waals surface area contributed by atoms with Crippen LogP contribution in [-0.4, -0.2) is 33.9 Å². The average molecular weight is 280 g/mol. The van der Waals surface area contributed by atoms with Gasteiger partial charge in [-0.3, -0.25) is 0 Å². The van der Waals surface area contributed by atoms with Crippen molar-refractivity contribution >= 4 is 5.97 Å². The molecule has 1 aromatic carbocycles. The molecule has 0 radical (unpaired) electrons. The van der Waals surface area contributed by atoms with Crippen LogP contribution in [0.15, 0.2) is 23.8 Å². The van der Waals surface area contributed by atoms with Crippen LogP contribution in [0.5, 0.6) is 17.2 Å². The molecule has 0 aliphatic carbocycles. The van der Waals surface area contributed by atoms with Gasteiger partial charge in [-0.2, -0.15) is 0 Å². The molecule has 0 N–H and O–H groups in total. The van der Waals surface area contributed by atoms with Crippen LogP contribution in [-0.2, 0) is 4.74 Å². The summed E-state index contributed by atoms with van der Waals surface area (Å²) in [6, 6.07) is 3.13. The van der Waals surface area contributed by atoms with Crippen molar-refractivity contribution in [2.75, 3.05) is 27.9 Å². The lowest BCUT2D eigenvalue weighted by Crippen LogP contribution is -2.06. The van der Waals surface area contributed by atoms with Crippen molar-refractivity contribution in [2.24, 2.45) is 0 Å². The fraction of sp³-hybridized carbons (Fsp3) is 0.400. The van der Waals surface area contributed by atoms with Crippen LogP contribution in [0.1, 0.15) is 24.2 Å². The summed E-state index contributed by atoms with van der Waals surface area (Å²) < 4.78 is 20.9. The van der Waals surface area contributed by atoms with Crippen LogP contribution >= 0.6 is 0 Å². The summed E-state index contributed by atoms with van der Waals surface area (Å²) in [4.78, 5) is 11.6. The Morgan fingerprint density at radius 3 is 2.10 bits per heavy atom. The second-order valence-electron chi connectivity index (χ2n) is 4.13. The van der Waals surface area contributed by atoms with Crippen molar-refractivity contribution in [1.29, 1.82) is 0 Å². The van der Waals surface area contributed by atoms with Crippen molar-refractivity contribution in [2.45, 2.75) is 13.8 Å². The first kappa shape index (κ1) is 15.9. The van der Waals surface area contributed by atoms with Gasteiger partial charge in [0, 0.05) is 0 Å². The first-order valence-corrected chi connectivity index (χ1v) is 6.16. The number of allylic oxidation sites excluding steroid dienone is 1. The Kier molecular flexibility index (Phi) is 5.90. The van der Waals surface area contributed by atoms with Gasteiger partial charge in [-0.05, 0) is 31.6 Å². The third kappa shape index (κ3) is 3.66. The van der Waals surface area contributed by atoms with Crippen LogP contribution in [0.3, 0.4) is 0 Å². The highest BCUT2D eigenvalue weighted by Gasteiger charge is 2.18. The number of ether oxygens (including phenoxy) is 4. The number of esters is 1. The van der Waals surface area contributed by atoms with Gasteiger partial charge in [0.05, 0.1) is 26.9 Å². The van der Waals surface area contributed by atoms with Crippen molar-refractivity contribution in [1.82, 2.24) is 0 Å². The average Bonchev–Trinajstić information content (AvgIpc) is 2.50. The smallest absolute Gasteiger partial charge is 0.338 e. The van der Waals surface area contributed by atoms with Gasteiger partial charge in [0.1, 0.15) is 6.61 Å². The van der Waals surface area contributed by atoms with Gasteiger partial charge in [0.15, 0.2) is 11.5 Å². The summed E-state index contributed by atoms with van der Waals surface area (Å²) in [5.41, 5.74) is 1.42. The van der Waals surface area contributed by atoms with Crippen molar-refractivity contribution < 1.29 is 23.7 Å². The molecule has 0 fully saturated rings. The predicted molar refractivity (Wildman–Crippen MR) is 75.8 cm³/mol. The molecule has 0 saturated heterocycles. The Labute approximate surface area is 119 Å². The molecular formula is C15H20O5. The highest BCUT2D eigenvalue weighted by molar-refractivity contribution is 5.91. The summed E-state index contributed by atoms with van der Waals surface area (Å²) in [5.74, 6) is 0.851. The molecule has 0 bridgehead atoms. The quantitative estimate of drug-likeness (QED) is 0.592. The molecule has 0 aromatic heterocycles. The molecule has 5 nitrogen and oxygen atoms in total. The van der Waals surface area contributed by atoms with Gasteiger partial charge in [0.25, 0.3) is 0 Å². The lowest BCUT2D eigenvalue weighted by Gasteiger charge is -2.15. The Morgan fingerprint density at radius 2 is 1.70 bits per heavy atom. The zero-order valence-electron chi connectivity index (χ0n) is 12.5. The number of methoxy groups -OCH3 is 3. The zero-order valence-corrected chi connectivity index (χ0v) is 12.5. The number of hydrogen-bond donors (Lipinski definition) is 0. The van der Waals surface area contributed by atoms with Gasteiger partial charge in [-0.25, -0.2) is 4.79 Å². The number of carbonyl (C=O) groups is 1. The maximum absolute atomic E-state index is 11.6. The van der Waals surface area contributed by atoms with E-state index in [0.717, 1.165) is 5.57 Å². The summed E-state index contributed by atoms with van der Waals surface area (Å²) >= 11 is 0. The number of benzene rings is 1. The van der Waals surface area contributed by atoms with Gasteiger partial charge in [-0.15, -0.1) is 0 Å². The highest BCUT2D eigenvalue weighted by atomic mass is 16.5. The fourth-order valence-corrected chi connectivity index (χ4v) is 1.53. The number of carbonyl (C=O) groups excluding carboxylic acids is 1. The van der Waals surface area contributed by atoms with Gasteiger partial charge < -0.3 is 18.9 Å². The maximum atomic E-state index is 11.6. The summed E-state index contributed by atoms with van der Waals surface area (Å²) in [6.07, 6.45) is 1.96. The Bertz CT molecular complexity index is 480. The number of hydrogen-bond acceptors (Lipinski definition) is 5. The molecule has 0 spiro atoms. The lowest BCUT2D eigenvalue weighted by molar-refractivity contribution is 0.0600. The van der Waals surface area contributed by atoms with Gasteiger partial charge >= 0.3 is 5.97 Å². The molecule has 0 saturated carbocycles. The second kappa shape index (κ2) is 7.43. The molecule has 0 atom stereocenters. The summed E-state index contributed by atoms with van der Waals surface area (Å²) in [7, 11) is 4.33. The van der Waals surface area contributed by atoms with E-state index in [1.165, 1.54) is 21.3 Å². The van der Waals surface area contributed by atoms with Crippen LogP contribution in [0.25, 0.3) is 0 Å². The zero-order chi connectivity index (χ0) is 15.1. The third-order valence-electron chi connectivity index (χ3n) is 2.82. The summed E-state index contributed by atoms with van der Waals surface area (Å²) in [6.45, 7) is 4.32. The molecule has 1 aromatic rings. The molecule has 0 aliphatic rings. The van der Waals surface area contributed by atoms with Crippen molar-refractivity contribution in [3.8, 4) is 17.2 Å². The van der Waals surface area contributed by atoms with E-state index >= 15 is 0 Å². The van der Waals surface area contributed by atoms with Crippen LogP contribution in [0.2, 0.25) is 0 Å². The minimum Gasteiger partial charge on any atom is -0.493 e. The molecule has 1 rings (SSSR count). The molecule has 0 aliphatic heterocycles. The van der Waals surface area contributed by atoms with E-state index in [4.69, 9.17) is 18.9 Å². The molecular weight excluding hydrogens is 260 g/mol. The third-order valence-corrected chi connectivity index (χ3v) is 2.82. The van der Waals surface area contributed by atoms with E-state index in [1.807, 2.05) is 19.9 Å². The Hall–Kier alpha value is -2.17. The van der Waals surface area contributed by atoms with E-state index in [2.05, 4.69) is 0 Å². The molecule has 20 heavy (non-hydrogen) atoms. The van der Waals surface area contributed by atoms with Crippen LogP contribution < -0.4 is 14.2 Å². The van der Waals surface area contributed by atoms with E-state index in [1.54, 1.807) is 12.1 Å². The maximum Gasteiger partial charge on any atom is 0.338 e. The topological polar surface area (TPSA) is 54.0 Å². The SMILES string of the molecule is C/C=C(\C)COc1c(OC)cc(C(=O)OC)cc1OC. The normalized spacial score (nSPS) is 10.9. The predicted octanol–water partition coefficient (Wildman–Crippen LogP) is 2.84. The molecule has 0 unspecified atom stereocenters. The van der Waals surface area contributed by atoms with E-state index in [9.17, 15) is 4.79 Å². The first-order valence-electron chi connectivity index (χ1n) is 6.16. The van der Waals surface area contributed by atoms with Crippen LogP contribution in [0, 0.1) is 0 Å². The Balaban J connectivity index is 3.18. The molecule has 5 heteroatoms. The van der Waals surface area contributed by atoms with E-state index in [-0.39, 0.29) is 0 Å². The van der Waals surface area contributed by atoms with Crippen molar-refractivity contribution in [3.63, 3.8) is 0 Å². The number of rotatable bonds is 6. The van der Waals surface area contributed by atoms with Gasteiger partial charge in [-0.1, -0.05) is 6.08 Å². The van der Waals surface area contributed by atoms with Gasteiger partial charge in [0.2, 0.25) is 5.75 Å². The molecule has 110 valence electrons. The second-order valence-corrected chi connectivity index (χ2v) is 4.13. The van der Waals surface area contributed by atoms with E-state index < -0.39 is 5.97 Å². The standard InChI is InChI=1S/C15H20O5/c1-6-10(2)9-20-14-12(17-3)7-11(15(16)19-5)8-13(14)18-4/h6-8H,9H2,1-5H3/b10-6+. The summed E-state index contributed by atoms with van der Waals surface area (Å²) in [5, 5.41) is 0. The fourth-order valence-electron chi connectivity index (χ4n) is 1.53. The van der Waals surface area contributed by atoms with Crippen molar-refractivity contribution in [3.05, 3.63) is 29.3 Å². The van der Waals surface area contributed by atoms with E-state index in [0.29, 0.717) is 29.4 Å². The molecule has 0 amide bonds. The minimum atomic E-state index is -0.460. The lowest BCUT2D eigenvalue weighted by atomic mass is 10.2. The monoisotopic (exact) mass is 280 g/mol. The largest absolute Gasteiger partial charge is 0.493 e. The minimum absolute atomic E-state index is 0.344. The molecule has 0 heterocycles. The van der Waals surface area contributed by atoms with Crippen LogP contribution in [0.4, 0.5) is 0 Å². The highest BCUT2D eigenvalue weighted by Crippen LogP contribution is 2.38. The Morgan fingerprint density at radius 1 is 1.15 bits per heavy atom. The first-order chi connectivity index (χ1) is 9.57.